The monoisotopic (exact) mass is 499 g/mol. The standard InChI is InChI=1S/C24H22FN11O/c1-13-6-20(32-21-7-14(2)34-35-21)33-22(30-13)16-4-5-19(26-8-16)23(37)31-15(3)17-9-27-24(28-10-17)36-12-18(25)11-29-36/h4-12,15H,1-3H3,(H,31,37)(H2,30,32,33,34,35)/t15-/m0/s1. The highest BCUT2D eigenvalue weighted by molar-refractivity contribution is 5.92. The van der Waals surface area contributed by atoms with Gasteiger partial charge in [0, 0.05) is 53.2 Å². The molecule has 0 radical (unpaired) electrons. The smallest absolute Gasteiger partial charge is 0.270 e. The Bertz CT molecular complexity index is 1540. The maximum atomic E-state index is 13.2. The third kappa shape index (κ3) is 5.45. The fourth-order valence-electron chi connectivity index (χ4n) is 3.47. The second-order valence-electron chi connectivity index (χ2n) is 8.33. The second-order valence-corrected chi connectivity index (χ2v) is 8.33. The Balaban J connectivity index is 1.25. The fraction of sp³-hybridized carbons (Fsp3) is 0.167. The van der Waals surface area contributed by atoms with Gasteiger partial charge >= 0.3 is 0 Å². The summed E-state index contributed by atoms with van der Waals surface area (Å²) in [6, 6.07) is 6.64. The summed E-state index contributed by atoms with van der Waals surface area (Å²) in [6.07, 6.45) is 6.90. The highest BCUT2D eigenvalue weighted by atomic mass is 19.1. The van der Waals surface area contributed by atoms with Crippen LogP contribution in [0, 0.1) is 19.7 Å². The van der Waals surface area contributed by atoms with Crippen LogP contribution >= 0.6 is 0 Å². The van der Waals surface area contributed by atoms with E-state index < -0.39 is 11.9 Å². The van der Waals surface area contributed by atoms with Gasteiger partial charge in [0.2, 0.25) is 0 Å². The summed E-state index contributed by atoms with van der Waals surface area (Å²) >= 11 is 0. The van der Waals surface area contributed by atoms with Crippen molar-refractivity contribution in [1.82, 2.24) is 50.2 Å². The van der Waals surface area contributed by atoms with E-state index in [0.29, 0.717) is 28.6 Å². The minimum Gasteiger partial charge on any atom is -0.344 e. The zero-order chi connectivity index (χ0) is 25.9. The Labute approximate surface area is 210 Å². The van der Waals surface area contributed by atoms with Crippen molar-refractivity contribution in [3.8, 4) is 17.3 Å². The average Bonchev–Trinajstić information content (AvgIpc) is 3.51. The molecule has 0 aliphatic rings. The number of aromatic amines is 1. The molecular weight excluding hydrogens is 477 g/mol. The van der Waals surface area contributed by atoms with Gasteiger partial charge in [0.25, 0.3) is 11.9 Å². The molecule has 0 spiro atoms. The van der Waals surface area contributed by atoms with E-state index in [0.717, 1.165) is 17.6 Å². The zero-order valence-electron chi connectivity index (χ0n) is 20.1. The van der Waals surface area contributed by atoms with Crippen molar-refractivity contribution in [3.05, 3.63) is 83.7 Å². The molecule has 5 aromatic heterocycles. The van der Waals surface area contributed by atoms with E-state index >= 15 is 0 Å². The van der Waals surface area contributed by atoms with E-state index in [1.165, 1.54) is 10.9 Å². The molecule has 0 saturated heterocycles. The number of H-pyrrole nitrogens is 1. The molecule has 0 aliphatic heterocycles. The van der Waals surface area contributed by atoms with E-state index in [-0.39, 0.29) is 17.5 Å². The number of carbonyl (C=O) groups is 1. The van der Waals surface area contributed by atoms with Crippen LogP contribution in [0.4, 0.5) is 16.0 Å². The summed E-state index contributed by atoms with van der Waals surface area (Å²) in [5.41, 5.74) is 3.26. The van der Waals surface area contributed by atoms with Gasteiger partial charge in [-0.15, -0.1) is 0 Å². The third-order valence-corrected chi connectivity index (χ3v) is 5.33. The van der Waals surface area contributed by atoms with Gasteiger partial charge in [-0.3, -0.25) is 14.9 Å². The van der Waals surface area contributed by atoms with E-state index in [1.54, 1.807) is 37.6 Å². The molecule has 0 fully saturated rings. The van der Waals surface area contributed by atoms with Crippen molar-refractivity contribution in [2.24, 2.45) is 0 Å². The Hall–Kier alpha value is -5.07. The van der Waals surface area contributed by atoms with Crippen molar-refractivity contribution in [1.29, 1.82) is 0 Å². The predicted molar refractivity (Wildman–Crippen MR) is 132 cm³/mol. The van der Waals surface area contributed by atoms with Gasteiger partial charge in [0.1, 0.15) is 11.5 Å². The van der Waals surface area contributed by atoms with Gasteiger partial charge in [0.15, 0.2) is 17.5 Å². The lowest BCUT2D eigenvalue weighted by Crippen LogP contribution is -2.27. The van der Waals surface area contributed by atoms with Gasteiger partial charge < -0.3 is 10.6 Å². The number of hydrogen-bond acceptors (Lipinski definition) is 9. The number of rotatable bonds is 7. The molecule has 0 saturated carbocycles. The SMILES string of the molecule is Cc1cc(Nc2cc(C)[nH]n2)nc(-c2ccc(C(=O)N[C@@H](C)c3cnc(-n4cc(F)cn4)nc3)nc2)n1. The summed E-state index contributed by atoms with van der Waals surface area (Å²) in [5.74, 6) is 1.09. The van der Waals surface area contributed by atoms with Crippen molar-refractivity contribution < 1.29 is 9.18 Å². The van der Waals surface area contributed by atoms with Crippen LogP contribution in [0.3, 0.4) is 0 Å². The van der Waals surface area contributed by atoms with Crippen LogP contribution in [0.15, 0.2) is 55.2 Å². The maximum Gasteiger partial charge on any atom is 0.270 e. The highest BCUT2D eigenvalue weighted by Gasteiger charge is 2.15. The number of hydrogen-bond donors (Lipinski definition) is 3. The Morgan fingerprint density at radius 2 is 1.84 bits per heavy atom. The first-order valence-electron chi connectivity index (χ1n) is 11.3. The molecule has 5 heterocycles. The molecule has 5 aromatic rings. The Morgan fingerprint density at radius 1 is 1.03 bits per heavy atom. The van der Waals surface area contributed by atoms with Crippen LogP contribution in [0.2, 0.25) is 0 Å². The van der Waals surface area contributed by atoms with Crippen LogP contribution in [-0.2, 0) is 0 Å². The first-order valence-corrected chi connectivity index (χ1v) is 11.3. The van der Waals surface area contributed by atoms with Crippen molar-refractivity contribution in [3.63, 3.8) is 0 Å². The molecule has 5 rings (SSSR count). The number of carbonyl (C=O) groups excluding carboxylic acids is 1. The largest absolute Gasteiger partial charge is 0.344 e. The summed E-state index contributed by atoms with van der Waals surface area (Å²) in [7, 11) is 0. The Kier molecular flexibility index (Phi) is 6.32. The topological polar surface area (TPSA) is 152 Å². The van der Waals surface area contributed by atoms with Crippen molar-refractivity contribution >= 4 is 17.5 Å². The second kappa shape index (κ2) is 9.89. The lowest BCUT2D eigenvalue weighted by Gasteiger charge is -2.14. The van der Waals surface area contributed by atoms with Crippen LogP contribution in [0.5, 0.6) is 0 Å². The number of amides is 1. The molecule has 1 amide bonds. The van der Waals surface area contributed by atoms with Gasteiger partial charge in [-0.2, -0.15) is 10.2 Å². The number of halogens is 1. The van der Waals surface area contributed by atoms with E-state index in [1.807, 2.05) is 26.0 Å². The lowest BCUT2D eigenvalue weighted by molar-refractivity contribution is 0.0935. The first kappa shape index (κ1) is 23.7. The highest BCUT2D eigenvalue weighted by Crippen LogP contribution is 2.20. The van der Waals surface area contributed by atoms with Crippen LogP contribution in [0.1, 0.15) is 40.4 Å². The van der Waals surface area contributed by atoms with Crippen molar-refractivity contribution in [2.75, 3.05) is 5.32 Å². The summed E-state index contributed by atoms with van der Waals surface area (Å²) in [6.45, 7) is 5.58. The molecule has 0 bridgehead atoms. The van der Waals surface area contributed by atoms with Crippen molar-refractivity contribution in [2.45, 2.75) is 26.8 Å². The minimum atomic E-state index is -0.484. The molecule has 0 aliphatic carbocycles. The maximum absolute atomic E-state index is 13.2. The van der Waals surface area contributed by atoms with E-state index in [4.69, 9.17) is 0 Å². The first-order chi connectivity index (χ1) is 17.8. The zero-order valence-corrected chi connectivity index (χ0v) is 20.1. The van der Waals surface area contributed by atoms with Gasteiger partial charge in [-0.1, -0.05) is 0 Å². The number of nitrogens with one attached hydrogen (secondary N) is 3. The number of pyridine rings is 1. The van der Waals surface area contributed by atoms with E-state index in [2.05, 4.69) is 50.8 Å². The van der Waals surface area contributed by atoms with Gasteiger partial charge in [-0.05, 0) is 32.9 Å². The predicted octanol–water partition coefficient (Wildman–Crippen LogP) is 3.23. The molecule has 0 unspecified atom stereocenters. The number of nitrogens with zero attached hydrogens (tertiary/aromatic N) is 8. The normalized spacial score (nSPS) is 11.8. The van der Waals surface area contributed by atoms with Crippen LogP contribution in [-0.4, -0.2) is 50.8 Å². The number of anilines is 2. The lowest BCUT2D eigenvalue weighted by atomic mass is 10.1. The Morgan fingerprint density at radius 3 is 2.49 bits per heavy atom. The summed E-state index contributed by atoms with van der Waals surface area (Å²) in [4.78, 5) is 34.4. The summed E-state index contributed by atoms with van der Waals surface area (Å²) in [5, 5.41) is 16.9. The summed E-state index contributed by atoms with van der Waals surface area (Å²) < 4.78 is 14.4. The molecule has 13 heteroatoms. The molecule has 1 atom stereocenters. The fourth-order valence-corrected chi connectivity index (χ4v) is 3.47. The number of aryl methyl sites for hydroxylation is 2. The van der Waals surface area contributed by atoms with Crippen LogP contribution < -0.4 is 10.6 Å². The molecule has 186 valence electrons. The average molecular weight is 500 g/mol. The van der Waals surface area contributed by atoms with E-state index in [9.17, 15) is 9.18 Å². The molecule has 3 N–H and O–H groups in total. The quantitative estimate of drug-likeness (QED) is 0.306. The molecule has 37 heavy (non-hydrogen) atoms. The molecule has 0 aromatic carbocycles. The third-order valence-electron chi connectivity index (χ3n) is 5.33. The van der Waals surface area contributed by atoms with Gasteiger partial charge in [-0.25, -0.2) is 29.0 Å². The molecule has 12 nitrogen and oxygen atoms in total. The minimum absolute atomic E-state index is 0.222. The van der Waals surface area contributed by atoms with Gasteiger partial charge in [0.05, 0.1) is 18.4 Å². The number of aromatic nitrogens is 9. The molecular formula is C24H22FN11O. The van der Waals surface area contributed by atoms with Crippen LogP contribution in [0.25, 0.3) is 17.3 Å².